The molecule has 0 spiro atoms. The van der Waals surface area contributed by atoms with Gasteiger partial charge in [0.25, 0.3) is 0 Å². The van der Waals surface area contributed by atoms with Crippen molar-refractivity contribution in [2.45, 2.75) is 25.7 Å². The summed E-state index contributed by atoms with van der Waals surface area (Å²) in [7, 11) is 0. The quantitative estimate of drug-likeness (QED) is 0.726. The molecule has 1 aliphatic carbocycles. The highest BCUT2D eigenvalue weighted by molar-refractivity contribution is 6.32. The van der Waals surface area contributed by atoms with Gasteiger partial charge in [-0.3, -0.25) is 4.79 Å². The lowest BCUT2D eigenvalue weighted by Gasteiger charge is -2.22. The molecule has 0 saturated carbocycles. The second-order valence-corrected chi connectivity index (χ2v) is 6.39. The van der Waals surface area contributed by atoms with E-state index in [-0.39, 0.29) is 34.5 Å². The fourth-order valence-corrected chi connectivity index (χ4v) is 3.29. The summed E-state index contributed by atoms with van der Waals surface area (Å²) in [6.07, 6.45) is 4.16. The van der Waals surface area contributed by atoms with Gasteiger partial charge in [-0.25, -0.2) is 4.39 Å². The predicted octanol–water partition coefficient (Wildman–Crippen LogP) is 5.40. The number of ether oxygens (including phenoxy) is 1. The van der Waals surface area contributed by atoms with Gasteiger partial charge in [0, 0.05) is 5.56 Å². The van der Waals surface area contributed by atoms with Crippen LogP contribution < -0.4 is 4.74 Å². The predicted molar refractivity (Wildman–Crippen MR) is 95.8 cm³/mol. The van der Waals surface area contributed by atoms with Gasteiger partial charge in [0.1, 0.15) is 23.9 Å². The van der Waals surface area contributed by atoms with Gasteiger partial charge in [0.2, 0.25) is 0 Å². The number of allylic oxidation sites excluding steroid dienone is 1. The molecule has 25 heavy (non-hydrogen) atoms. The van der Waals surface area contributed by atoms with Crippen LogP contribution in [0.15, 0.2) is 42.0 Å². The number of aldehydes is 1. The van der Waals surface area contributed by atoms with Crippen LogP contribution in [0, 0.1) is 5.82 Å². The summed E-state index contributed by atoms with van der Waals surface area (Å²) in [5, 5.41) is 9.97. The minimum absolute atomic E-state index is 0.0244. The summed E-state index contributed by atoms with van der Waals surface area (Å²) in [5.41, 5.74) is 2.62. The van der Waals surface area contributed by atoms with Crippen molar-refractivity contribution >= 4 is 23.5 Å². The van der Waals surface area contributed by atoms with E-state index >= 15 is 0 Å². The summed E-state index contributed by atoms with van der Waals surface area (Å²) < 4.78 is 19.9. The summed E-state index contributed by atoms with van der Waals surface area (Å²) in [5.74, 6) is -0.265. The van der Waals surface area contributed by atoms with Gasteiger partial charge >= 0.3 is 0 Å². The molecule has 2 aromatic rings. The van der Waals surface area contributed by atoms with Gasteiger partial charge in [-0.15, -0.1) is 0 Å². The van der Waals surface area contributed by atoms with Crippen LogP contribution in [-0.4, -0.2) is 18.0 Å². The molecule has 0 heterocycles. The molecule has 0 saturated heterocycles. The van der Waals surface area contributed by atoms with E-state index in [9.17, 15) is 14.3 Å². The molecule has 0 fully saturated rings. The topological polar surface area (TPSA) is 46.5 Å². The second-order valence-electron chi connectivity index (χ2n) is 5.98. The Kier molecular flexibility index (Phi) is 5.39. The molecule has 0 unspecified atom stereocenters. The average Bonchev–Trinajstić information content (AvgIpc) is 2.63. The Balaban J connectivity index is 1.90. The first-order valence-electron chi connectivity index (χ1n) is 8.17. The third-order valence-electron chi connectivity index (χ3n) is 4.43. The molecule has 0 radical (unpaired) electrons. The van der Waals surface area contributed by atoms with E-state index in [4.69, 9.17) is 16.3 Å². The zero-order valence-electron chi connectivity index (χ0n) is 13.6. The number of rotatable bonds is 5. The first kappa shape index (κ1) is 17.5. The molecule has 3 rings (SSSR count). The van der Waals surface area contributed by atoms with Crippen molar-refractivity contribution in [1.29, 1.82) is 0 Å². The molecule has 1 N–H and O–H groups in total. The summed E-state index contributed by atoms with van der Waals surface area (Å²) in [6, 6.07) is 9.76. The minimum atomic E-state index is -0.291. The molecule has 3 nitrogen and oxygen atoms in total. The minimum Gasteiger partial charge on any atom is -0.505 e. The van der Waals surface area contributed by atoms with Gasteiger partial charge in [0.05, 0.1) is 10.6 Å². The van der Waals surface area contributed by atoms with E-state index < -0.39 is 0 Å². The van der Waals surface area contributed by atoms with Gasteiger partial charge in [-0.2, -0.15) is 0 Å². The maximum absolute atomic E-state index is 14.2. The molecule has 5 heteroatoms. The van der Waals surface area contributed by atoms with Gasteiger partial charge < -0.3 is 9.84 Å². The number of benzene rings is 2. The van der Waals surface area contributed by atoms with E-state index in [2.05, 4.69) is 0 Å². The number of carbonyl (C=O) groups is 1. The van der Waals surface area contributed by atoms with E-state index in [1.54, 1.807) is 18.2 Å². The van der Waals surface area contributed by atoms with Crippen molar-refractivity contribution in [2.24, 2.45) is 0 Å². The zero-order valence-corrected chi connectivity index (χ0v) is 14.4. The number of halogens is 2. The third-order valence-corrected chi connectivity index (χ3v) is 4.73. The molecule has 0 bridgehead atoms. The van der Waals surface area contributed by atoms with Crippen LogP contribution in [0.2, 0.25) is 5.02 Å². The molecular formula is C20H18ClFO3. The van der Waals surface area contributed by atoms with E-state index in [0.29, 0.717) is 11.8 Å². The Morgan fingerprint density at radius 3 is 2.68 bits per heavy atom. The van der Waals surface area contributed by atoms with Crippen LogP contribution in [-0.2, 0) is 0 Å². The highest BCUT2D eigenvalue weighted by atomic mass is 35.5. The van der Waals surface area contributed by atoms with Crippen LogP contribution in [0.3, 0.4) is 0 Å². The van der Waals surface area contributed by atoms with Gasteiger partial charge in [0.15, 0.2) is 6.29 Å². The van der Waals surface area contributed by atoms with Crippen molar-refractivity contribution in [3.8, 4) is 11.5 Å². The standard InChI is InChI=1S/C20H18ClFO3/c21-17-9-10-19(16(11-23)20(17)24)25-12-13-5-1-2-6-14(13)15-7-3-4-8-18(15)22/h3-4,7-11,24H,1-2,5-6,12H2. The van der Waals surface area contributed by atoms with E-state index in [1.807, 2.05) is 6.07 Å². The van der Waals surface area contributed by atoms with Crippen LogP contribution in [0.25, 0.3) is 5.57 Å². The van der Waals surface area contributed by atoms with Crippen molar-refractivity contribution < 1.29 is 19.0 Å². The Morgan fingerprint density at radius 1 is 1.16 bits per heavy atom. The van der Waals surface area contributed by atoms with Crippen LogP contribution >= 0.6 is 11.6 Å². The molecular weight excluding hydrogens is 343 g/mol. The van der Waals surface area contributed by atoms with Gasteiger partial charge in [-0.05, 0) is 55.0 Å². The molecule has 0 aromatic heterocycles. The third kappa shape index (κ3) is 3.69. The van der Waals surface area contributed by atoms with Crippen molar-refractivity contribution in [1.82, 2.24) is 0 Å². The highest BCUT2D eigenvalue weighted by Crippen LogP contribution is 2.36. The Bertz CT molecular complexity index is 830. The smallest absolute Gasteiger partial charge is 0.157 e. The van der Waals surface area contributed by atoms with Crippen LogP contribution in [0.1, 0.15) is 41.6 Å². The highest BCUT2D eigenvalue weighted by Gasteiger charge is 2.19. The Morgan fingerprint density at radius 2 is 1.92 bits per heavy atom. The van der Waals surface area contributed by atoms with Crippen LogP contribution in [0.5, 0.6) is 11.5 Å². The number of hydrogen-bond acceptors (Lipinski definition) is 3. The van der Waals surface area contributed by atoms with Crippen LogP contribution in [0.4, 0.5) is 4.39 Å². The van der Waals surface area contributed by atoms with E-state index in [1.165, 1.54) is 12.1 Å². The fraction of sp³-hybridized carbons (Fsp3) is 0.250. The summed E-state index contributed by atoms with van der Waals surface area (Å²) in [6.45, 7) is 0.242. The SMILES string of the molecule is O=Cc1c(OCC2=C(c3ccccc3F)CCCC2)ccc(Cl)c1O. The van der Waals surface area contributed by atoms with Crippen molar-refractivity contribution in [3.63, 3.8) is 0 Å². The second kappa shape index (κ2) is 7.70. The first-order valence-corrected chi connectivity index (χ1v) is 8.55. The Labute approximate surface area is 150 Å². The normalized spacial score (nSPS) is 14.5. The first-order chi connectivity index (χ1) is 12.1. The lowest BCUT2D eigenvalue weighted by molar-refractivity contribution is 0.111. The number of carbonyl (C=O) groups excluding carboxylic acids is 1. The van der Waals surface area contributed by atoms with E-state index in [0.717, 1.165) is 36.8 Å². The molecule has 0 aliphatic heterocycles. The largest absolute Gasteiger partial charge is 0.505 e. The number of phenolic OH excluding ortho intramolecular Hbond substituents is 1. The lowest BCUT2D eigenvalue weighted by atomic mass is 9.87. The molecule has 1 aliphatic rings. The monoisotopic (exact) mass is 360 g/mol. The number of phenols is 1. The summed E-state index contributed by atoms with van der Waals surface area (Å²) >= 11 is 5.82. The maximum atomic E-state index is 14.2. The zero-order chi connectivity index (χ0) is 17.8. The summed E-state index contributed by atoms with van der Waals surface area (Å²) in [4.78, 5) is 11.2. The Hall–Kier alpha value is -2.33. The van der Waals surface area contributed by atoms with Crippen molar-refractivity contribution in [3.05, 3.63) is 63.9 Å². The number of hydrogen-bond donors (Lipinski definition) is 1. The number of aromatic hydroxyl groups is 1. The maximum Gasteiger partial charge on any atom is 0.157 e. The van der Waals surface area contributed by atoms with Crippen molar-refractivity contribution in [2.75, 3.05) is 6.61 Å². The molecule has 0 atom stereocenters. The molecule has 2 aromatic carbocycles. The lowest BCUT2D eigenvalue weighted by Crippen LogP contribution is -2.10. The fourth-order valence-electron chi connectivity index (χ4n) is 3.13. The average molecular weight is 361 g/mol. The molecule has 0 amide bonds. The van der Waals surface area contributed by atoms with Gasteiger partial charge in [-0.1, -0.05) is 29.8 Å². The molecule has 130 valence electrons.